The smallest absolute Gasteiger partial charge is 0.204 e. The van der Waals surface area contributed by atoms with Crippen molar-refractivity contribution in [1.29, 1.82) is 0 Å². The van der Waals surface area contributed by atoms with Gasteiger partial charge in [-0.25, -0.2) is 0 Å². The van der Waals surface area contributed by atoms with Crippen molar-refractivity contribution >= 4 is 0 Å². The second-order valence-electron chi connectivity index (χ2n) is 4.04. The van der Waals surface area contributed by atoms with E-state index < -0.39 is 11.6 Å². The van der Waals surface area contributed by atoms with E-state index in [1.165, 1.54) is 19.2 Å². The average Bonchev–Trinajstić information content (AvgIpc) is 2.99. The molecule has 0 bridgehead atoms. The minimum absolute atomic E-state index is 0.130. The Morgan fingerprint density at radius 1 is 1.25 bits per heavy atom. The number of rotatable bonds is 4. The molecule has 1 aliphatic rings. The van der Waals surface area contributed by atoms with E-state index >= 15 is 0 Å². The second kappa shape index (κ2) is 3.90. The second-order valence-corrected chi connectivity index (χ2v) is 4.04. The number of halogens is 2. The Kier molecular flexibility index (Phi) is 2.71. The number of nitrogens with two attached hydrogens (primary N) is 1. The zero-order chi connectivity index (χ0) is 11.8. The van der Waals surface area contributed by atoms with Gasteiger partial charge < -0.3 is 15.2 Å². The van der Waals surface area contributed by atoms with Crippen molar-refractivity contribution in [3.8, 4) is 11.5 Å². The standard InChI is InChI=1S/C11H13F2NO2/c1-15-7-2-3-8(10(13)9(7)12)16-6-11(14)4-5-11/h2-3H,4-6,14H2,1H3. The first-order chi connectivity index (χ1) is 7.56. The van der Waals surface area contributed by atoms with Gasteiger partial charge in [0.25, 0.3) is 0 Å². The summed E-state index contributed by atoms with van der Waals surface area (Å²) in [6, 6.07) is 2.66. The van der Waals surface area contributed by atoms with Crippen molar-refractivity contribution in [2.24, 2.45) is 5.73 Å². The molecule has 0 heterocycles. The van der Waals surface area contributed by atoms with Crippen molar-refractivity contribution < 1.29 is 18.3 Å². The number of hydrogen-bond donors (Lipinski definition) is 1. The van der Waals surface area contributed by atoms with E-state index in [1.54, 1.807) is 0 Å². The molecule has 16 heavy (non-hydrogen) atoms. The Hall–Kier alpha value is -1.36. The van der Waals surface area contributed by atoms with E-state index in [2.05, 4.69) is 4.74 Å². The van der Waals surface area contributed by atoms with Crippen LogP contribution in [-0.4, -0.2) is 19.3 Å². The van der Waals surface area contributed by atoms with E-state index in [9.17, 15) is 8.78 Å². The van der Waals surface area contributed by atoms with Gasteiger partial charge in [0.15, 0.2) is 11.5 Å². The van der Waals surface area contributed by atoms with Gasteiger partial charge in [-0.1, -0.05) is 0 Å². The molecule has 0 radical (unpaired) electrons. The maximum atomic E-state index is 13.4. The highest BCUT2D eigenvalue weighted by Crippen LogP contribution is 2.34. The molecule has 0 atom stereocenters. The van der Waals surface area contributed by atoms with Crippen LogP contribution < -0.4 is 15.2 Å². The lowest BCUT2D eigenvalue weighted by Gasteiger charge is -2.12. The maximum Gasteiger partial charge on any atom is 0.204 e. The summed E-state index contributed by atoms with van der Waals surface area (Å²) >= 11 is 0. The summed E-state index contributed by atoms with van der Waals surface area (Å²) in [5, 5.41) is 0. The summed E-state index contributed by atoms with van der Waals surface area (Å²) in [5.41, 5.74) is 5.41. The first kappa shape index (κ1) is 11.1. The third kappa shape index (κ3) is 2.09. The van der Waals surface area contributed by atoms with Crippen LogP contribution in [0.15, 0.2) is 12.1 Å². The maximum absolute atomic E-state index is 13.4. The van der Waals surface area contributed by atoms with Crippen LogP contribution in [0.5, 0.6) is 11.5 Å². The largest absolute Gasteiger partial charge is 0.494 e. The third-order valence-corrected chi connectivity index (χ3v) is 2.64. The SMILES string of the molecule is COc1ccc(OCC2(N)CC2)c(F)c1F. The first-order valence-electron chi connectivity index (χ1n) is 4.99. The van der Waals surface area contributed by atoms with Crippen LogP contribution in [0.2, 0.25) is 0 Å². The quantitative estimate of drug-likeness (QED) is 0.856. The molecule has 1 fully saturated rings. The Morgan fingerprint density at radius 3 is 2.38 bits per heavy atom. The zero-order valence-corrected chi connectivity index (χ0v) is 8.93. The Morgan fingerprint density at radius 2 is 1.81 bits per heavy atom. The van der Waals surface area contributed by atoms with Crippen LogP contribution in [0.25, 0.3) is 0 Å². The predicted octanol–water partition coefficient (Wildman–Crippen LogP) is 1.84. The molecule has 2 N–H and O–H groups in total. The van der Waals surface area contributed by atoms with Crippen LogP contribution >= 0.6 is 0 Å². The van der Waals surface area contributed by atoms with Crippen molar-refractivity contribution in [3.05, 3.63) is 23.8 Å². The summed E-state index contributed by atoms with van der Waals surface area (Å²) < 4.78 is 36.5. The molecule has 1 aromatic carbocycles. The highest BCUT2D eigenvalue weighted by Gasteiger charge is 2.39. The Labute approximate surface area is 92.1 Å². The predicted molar refractivity (Wildman–Crippen MR) is 54.6 cm³/mol. The van der Waals surface area contributed by atoms with Crippen molar-refractivity contribution in [2.45, 2.75) is 18.4 Å². The fraction of sp³-hybridized carbons (Fsp3) is 0.455. The van der Waals surface area contributed by atoms with Crippen molar-refractivity contribution in [3.63, 3.8) is 0 Å². The monoisotopic (exact) mass is 229 g/mol. The third-order valence-electron chi connectivity index (χ3n) is 2.64. The molecule has 5 heteroatoms. The number of hydrogen-bond acceptors (Lipinski definition) is 3. The molecule has 1 aliphatic carbocycles. The summed E-state index contributed by atoms with van der Waals surface area (Å²) in [6.07, 6.45) is 1.71. The molecule has 1 saturated carbocycles. The summed E-state index contributed by atoms with van der Waals surface area (Å²) in [7, 11) is 1.28. The Bertz CT molecular complexity index is 405. The molecule has 88 valence electrons. The van der Waals surface area contributed by atoms with Crippen LogP contribution in [0.3, 0.4) is 0 Å². The van der Waals surface area contributed by atoms with Gasteiger partial charge in [-0.2, -0.15) is 8.78 Å². The van der Waals surface area contributed by atoms with Crippen LogP contribution in [-0.2, 0) is 0 Å². The normalized spacial score (nSPS) is 17.0. The van der Waals surface area contributed by atoms with Gasteiger partial charge in [0.05, 0.1) is 12.6 Å². The lowest BCUT2D eigenvalue weighted by atomic mass is 10.3. The van der Waals surface area contributed by atoms with Crippen LogP contribution in [0.1, 0.15) is 12.8 Å². The van der Waals surface area contributed by atoms with Gasteiger partial charge in [-0.3, -0.25) is 0 Å². The number of methoxy groups -OCH3 is 1. The molecule has 2 rings (SSSR count). The lowest BCUT2D eigenvalue weighted by molar-refractivity contribution is 0.260. The minimum atomic E-state index is -1.04. The minimum Gasteiger partial charge on any atom is -0.494 e. The molecule has 0 unspecified atom stereocenters. The van der Waals surface area contributed by atoms with E-state index in [-0.39, 0.29) is 23.6 Å². The van der Waals surface area contributed by atoms with Gasteiger partial charge in [0.1, 0.15) is 6.61 Å². The highest BCUT2D eigenvalue weighted by atomic mass is 19.2. The van der Waals surface area contributed by atoms with E-state index in [1.807, 2.05) is 0 Å². The van der Waals surface area contributed by atoms with E-state index in [4.69, 9.17) is 10.5 Å². The molecule has 0 amide bonds. The van der Waals surface area contributed by atoms with E-state index in [0.29, 0.717) is 0 Å². The van der Waals surface area contributed by atoms with Gasteiger partial charge in [-0.05, 0) is 25.0 Å². The molecule has 3 nitrogen and oxygen atoms in total. The van der Waals surface area contributed by atoms with Crippen LogP contribution in [0, 0.1) is 11.6 Å². The zero-order valence-electron chi connectivity index (χ0n) is 8.93. The first-order valence-corrected chi connectivity index (χ1v) is 4.99. The van der Waals surface area contributed by atoms with Crippen molar-refractivity contribution in [1.82, 2.24) is 0 Å². The molecular weight excluding hydrogens is 216 g/mol. The molecule has 0 aromatic heterocycles. The summed E-state index contributed by atoms with van der Waals surface area (Å²) in [6.45, 7) is 0.204. The highest BCUT2D eigenvalue weighted by molar-refractivity contribution is 5.35. The van der Waals surface area contributed by atoms with Gasteiger partial charge in [-0.15, -0.1) is 0 Å². The lowest BCUT2D eigenvalue weighted by Crippen LogP contribution is -2.30. The molecular formula is C11H13F2NO2. The summed E-state index contributed by atoms with van der Waals surface area (Å²) in [4.78, 5) is 0. The van der Waals surface area contributed by atoms with Crippen LogP contribution in [0.4, 0.5) is 8.78 Å². The van der Waals surface area contributed by atoms with Crippen molar-refractivity contribution in [2.75, 3.05) is 13.7 Å². The topological polar surface area (TPSA) is 44.5 Å². The fourth-order valence-electron chi connectivity index (χ4n) is 1.31. The Balaban J connectivity index is 2.12. The number of benzene rings is 1. The van der Waals surface area contributed by atoms with Gasteiger partial charge >= 0.3 is 0 Å². The average molecular weight is 229 g/mol. The molecule has 0 saturated heterocycles. The van der Waals surface area contributed by atoms with Gasteiger partial charge in [0, 0.05) is 0 Å². The fourth-order valence-corrected chi connectivity index (χ4v) is 1.31. The van der Waals surface area contributed by atoms with Gasteiger partial charge in [0.2, 0.25) is 11.6 Å². The molecule has 1 aromatic rings. The number of ether oxygens (including phenoxy) is 2. The molecule has 0 spiro atoms. The summed E-state index contributed by atoms with van der Waals surface area (Å²) in [5.74, 6) is -2.35. The molecule has 0 aliphatic heterocycles. The van der Waals surface area contributed by atoms with E-state index in [0.717, 1.165) is 12.8 Å².